The Balaban J connectivity index is 2.90. The number of pyridine rings is 1. The fourth-order valence-corrected chi connectivity index (χ4v) is 1.34. The predicted molar refractivity (Wildman–Crippen MR) is 57.5 cm³/mol. The number of aryl methyl sites for hydroxylation is 1. The smallest absolute Gasteiger partial charge is 0.140 e. The lowest BCUT2D eigenvalue weighted by Crippen LogP contribution is -2.19. The normalized spacial score (nSPS) is 12.6. The molecule has 14 heavy (non-hydrogen) atoms. The maximum Gasteiger partial charge on any atom is 0.140 e. The Kier molecular flexibility index (Phi) is 3.89. The van der Waals surface area contributed by atoms with Gasteiger partial charge in [0.05, 0.1) is 12.3 Å². The molecule has 1 rings (SSSR count). The Hall–Kier alpha value is -1.09. The van der Waals surface area contributed by atoms with Crippen molar-refractivity contribution in [2.24, 2.45) is 5.73 Å². The van der Waals surface area contributed by atoms with Crippen molar-refractivity contribution in [3.05, 3.63) is 23.5 Å². The fourth-order valence-electron chi connectivity index (χ4n) is 1.34. The van der Waals surface area contributed by atoms with Crippen molar-refractivity contribution in [2.75, 3.05) is 6.61 Å². The van der Waals surface area contributed by atoms with Crippen LogP contribution in [0.1, 0.15) is 25.2 Å². The van der Waals surface area contributed by atoms with Crippen molar-refractivity contribution in [3.8, 4) is 5.75 Å². The number of rotatable bonds is 4. The van der Waals surface area contributed by atoms with Gasteiger partial charge in [0.1, 0.15) is 5.75 Å². The predicted octanol–water partition coefficient (Wildman–Crippen LogP) is 1.68. The Morgan fingerprint density at radius 1 is 1.50 bits per heavy atom. The molecule has 1 heterocycles. The maximum absolute atomic E-state index is 5.74. The van der Waals surface area contributed by atoms with Crippen LogP contribution in [-0.4, -0.2) is 17.6 Å². The van der Waals surface area contributed by atoms with E-state index in [-0.39, 0.29) is 6.04 Å². The highest BCUT2D eigenvalue weighted by molar-refractivity contribution is 5.29. The number of hydrogen-bond donors (Lipinski definition) is 1. The third kappa shape index (κ3) is 3.00. The van der Waals surface area contributed by atoms with Crippen molar-refractivity contribution < 1.29 is 4.74 Å². The van der Waals surface area contributed by atoms with Crippen molar-refractivity contribution in [2.45, 2.75) is 33.2 Å². The Morgan fingerprint density at radius 2 is 2.21 bits per heavy atom. The van der Waals surface area contributed by atoms with Gasteiger partial charge in [-0.25, -0.2) is 0 Å². The van der Waals surface area contributed by atoms with E-state index in [0.717, 1.165) is 23.6 Å². The molecular weight excluding hydrogens is 176 g/mol. The third-order valence-electron chi connectivity index (χ3n) is 1.89. The molecule has 0 fully saturated rings. The number of ether oxygens (including phenoxy) is 1. The molecule has 1 aromatic rings. The Morgan fingerprint density at radius 3 is 2.79 bits per heavy atom. The van der Waals surface area contributed by atoms with Gasteiger partial charge in [0.15, 0.2) is 0 Å². The van der Waals surface area contributed by atoms with Crippen molar-refractivity contribution >= 4 is 0 Å². The molecule has 0 bridgehead atoms. The highest BCUT2D eigenvalue weighted by Gasteiger charge is 2.07. The van der Waals surface area contributed by atoms with Gasteiger partial charge in [-0.2, -0.15) is 0 Å². The van der Waals surface area contributed by atoms with Crippen LogP contribution >= 0.6 is 0 Å². The average molecular weight is 194 g/mol. The molecule has 0 amide bonds. The average Bonchev–Trinajstić information content (AvgIpc) is 2.09. The van der Waals surface area contributed by atoms with Crippen molar-refractivity contribution in [1.29, 1.82) is 0 Å². The van der Waals surface area contributed by atoms with Crippen LogP contribution in [0.2, 0.25) is 0 Å². The number of nitrogens with zero attached hydrogens (tertiary/aromatic N) is 1. The van der Waals surface area contributed by atoms with Gasteiger partial charge in [0.2, 0.25) is 0 Å². The van der Waals surface area contributed by atoms with Crippen LogP contribution in [0.25, 0.3) is 0 Å². The molecule has 2 N–H and O–H groups in total. The Labute approximate surface area is 85.3 Å². The summed E-state index contributed by atoms with van der Waals surface area (Å²) >= 11 is 0. The zero-order chi connectivity index (χ0) is 10.6. The van der Waals surface area contributed by atoms with Crippen LogP contribution in [0.5, 0.6) is 5.75 Å². The van der Waals surface area contributed by atoms with E-state index in [9.17, 15) is 0 Å². The largest absolute Gasteiger partial charge is 0.492 e. The molecule has 3 heteroatoms. The zero-order valence-electron chi connectivity index (χ0n) is 9.08. The molecule has 3 nitrogen and oxygen atoms in total. The topological polar surface area (TPSA) is 48.1 Å². The van der Waals surface area contributed by atoms with Crippen LogP contribution in [0.3, 0.4) is 0 Å². The molecule has 1 unspecified atom stereocenters. The van der Waals surface area contributed by atoms with Gasteiger partial charge in [-0.1, -0.05) is 0 Å². The number of aromatic nitrogens is 1. The highest BCUT2D eigenvalue weighted by Crippen LogP contribution is 2.18. The lowest BCUT2D eigenvalue weighted by Gasteiger charge is -2.11. The summed E-state index contributed by atoms with van der Waals surface area (Å²) in [7, 11) is 0. The molecule has 0 aliphatic heterocycles. The third-order valence-corrected chi connectivity index (χ3v) is 1.89. The molecule has 0 aliphatic rings. The molecule has 0 saturated carbocycles. The van der Waals surface area contributed by atoms with Gasteiger partial charge in [0.25, 0.3) is 0 Å². The quantitative estimate of drug-likeness (QED) is 0.793. The van der Waals surface area contributed by atoms with Gasteiger partial charge in [-0.05, 0) is 32.9 Å². The van der Waals surface area contributed by atoms with E-state index in [4.69, 9.17) is 10.5 Å². The minimum atomic E-state index is 0.114. The minimum Gasteiger partial charge on any atom is -0.492 e. The molecule has 0 spiro atoms. The van der Waals surface area contributed by atoms with E-state index >= 15 is 0 Å². The zero-order valence-corrected chi connectivity index (χ0v) is 9.08. The first kappa shape index (κ1) is 11.0. The molecule has 0 aromatic carbocycles. The monoisotopic (exact) mass is 194 g/mol. The van der Waals surface area contributed by atoms with E-state index in [1.165, 1.54) is 0 Å². The summed E-state index contributed by atoms with van der Waals surface area (Å²) in [6, 6.07) is 4.03. The van der Waals surface area contributed by atoms with E-state index < -0.39 is 0 Å². The second-order valence-corrected chi connectivity index (χ2v) is 3.51. The van der Waals surface area contributed by atoms with Gasteiger partial charge < -0.3 is 10.5 Å². The number of nitrogens with two attached hydrogens (primary N) is 1. The first-order valence-corrected chi connectivity index (χ1v) is 4.98. The van der Waals surface area contributed by atoms with E-state index in [0.29, 0.717) is 6.61 Å². The summed E-state index contributed by atoms with van der Waals surface area (Å²) in [5.74, 6) is 0.857. The summed E-state index contributed by atoms with van der Waals surface area (Å²) in [5, 5.41) is 0. The van der Waals surface area contributed by atoms with Gasteiger partial charge in [-0.3, -0.25) is 4.98 Å². The summed E-state index contributed by atoms with van der Waals surface area (Å²) < 4.78 is 5.47. The highest BCUT2D eigenvalue weighted by atomic mass is 16.5. The van der Waals surface area contributed by atoms with Crippen LogP contribution in [0, 0.1) is 6.92 Å². The van der Waals surface area contributed by atoms with Crippen molar-refractivity contribution in [1.82, 2.24) is 4.98 Å². The molecule has 1 aromatic heterocycles. The molecule has 0 aliphatic carbocycles. The van der Waals surface area contributed by atoms with Crippen LogP contribution in [0.4, 0.5) is 0 Å². The minimum absolute atomic E-state index is 0.114. The molecular formula is C11H18N2O. The summed E-state index contributed by atoms with van der Waals surface area (Å²) in [4.78, 5) is 4.43. The fraction of sp³-hybridized carbons (Fsp3) is 0.545. The lowest BCUT2D eigenvalue weighted by molar-refractivity contribution is 0.333. The second kappa shape index (κ2) is 4.96. The van der Waals surface area contributed by atoms with Gasteiger partial charge >= 0.3 is 0 Å². The van der Waals surface area contributed by atoms with E-state index in [1.807, 2.05) is 32.9 Å². The number of hydrogen-bond acceptors (Lipinski definition) is 3. The van der Waals surface area contributed by atoms with Crippen LogP contribution < -0.4 is 10.5 Å². The lowest BCUT2D eigenvalue weighted by atomic mass is 10.1. The molecule has 1 atom stereocenters. The first-order valence-electron chi connectivity index (χ1n) is 4.98. The maximum atomic E-state index is 5.74. The SMILES string of the molecule is CCOc1ccc(C)nc1CC(C)N. The summed E-state index contributed by atoms with van der Waals surface area (Å²) in [6.07, 6.45) is 0.761. The van der Waals surface area contributed by atoms with E-state index in [1.54, 1.807) is 0 Å². The Bertz CT molecular complexity index is 297. The van der Waals surface area contributed by atoms with Gasteiger partial charge in [0, 0.05) is 18.2 Å². The molecule has 0 radical (unpaired) electrons. The summed E-state index contributed by atoms with van der Waals surface area (Å²) in [6.45, 7) is 6.58. The van der Waals surface area contributed by atoms with Crippen LogP contribution in [-0.2, 0) is 6.42 Å². The van der Waals surface area contributed by atoms with Gasteiger partial charge in [-0.15, -0.1) is 0 Å². The standard InChI is InChI=1S/C11H18N2O/c1-4-14-11-6-5-9(3)13-10(11)7-8(2)12/h5-6,8H,4,7,12H2,1-3H3. The van der Waals surface area contributed by atoms with E-state index in [2.05, 4.69) is 4.98 Å². The molecule has 0 saturated heterocycles. The first-order chi connectivity index (χ1) is 6.63. The molecule has 78 valence electrons. The van der Waals surface area contributed by atoms with Crippen LogP contribution in [0.15, 0.2) is 12.1 Å². The second-order valence-electron chi connectivity index (χ2n) is 3.51. The summed E-state index contributed by atoms with van der Waals surface area (Å²) in [5.41, 5.74) is 7.71. The van der Waals surface area contributed by atoms with Crippen molar-refractivity contribution in [3.63, 3.8) is 0 Å².